The molecule has 0 saturated carbocycles. The lowest BCUT2D eigenvalue weighted by Crippen LogP contribution is -2.40. The van der Waals surface area contributed by atoms with Crippen molar-refractivity contribution in [2.24, 2.45) is 10.7 Å². The van der Waals surface area contributed by atoms with Crippen LogP contribution in [0.5, 0.6) is 0 Å². The minimum absolute atomic E-state index is 0.0190. The molecule has 6 nitrogen and oxygen atoms in total. The Kier molecular flexibility index (Phi) is 5.20. The molecule has 4 rings (SSSR count). The van der Waals surface area contributed by atoms with Crippen LogP contribution in [0.25, 0.3) is 0 Å². The molecule has 2 unspecified atom stereocenters. The Hall–Kier alpha value is -2.63. The van der Waals surface area contributed by atoms with Crippen LogP contribution < -0.4 is 16.8 Å². The molecule has 30 heavy (non-hydrogen) atoms. The number of nitrogens with zero attached hydrogens (tertiary/aromatic N) is 2. The first-order chi connectivity index (χ1) is 14.3. The number of nitrogens with one attached hydrogen (secondary N) is 1. The monoisotopic (exact) mass is 427 g/mol. The smallest absolute Gasteiger partial charge is 0.166 e. The number of ether oxygens (including phenoxy) is 1. The number of hydrogen-bond donors (Lipinski definition) is 3. The Morgan fingerprint density at radius 1 is 1.33 bits per heavy atom. The Labute approximate surface area is 180 Å². The van der Waals surface area contributed by atoms with Crippen molar-refractivity contribution in [3.63, 3.8) is 0 Å². The van der Waals surface area contributed by atoms with Crippen molar-refractivity contribution in [1.29, 1.82) is 0 Å². The summed E-state index contributed by atoms with van der Waals surface area (Å²) >= 11 is 5.96. The van der Waals surface area contributed by atoms with Gasteiger partial charge in [-0.1, -0.05) is 35.6 Å². The second-order valence-electron chi connectivity index (χ2n) is 7.69. The number of benzene rings is 2. The van der Waals surface area contributed by atoms with Crippen molar-refractivity contribution >= 4 is 29.3 Å². The molecule has 2 aromatic rings. The number of rotatable bonds is 2. The van der Waals surface area contributed by atoms with E-state index in [-0.39, 0.29) is 10.6 Å². The third-order valence-corrected chi connectivity index (χ3v) is 5.98. The topological polar surface area (TPSA) is 88.9 Å². The van der Waals surface area contributed by atoms with E-state index in [1.165, 1.54) is 12.4 Å². The molecular weight excluding hydrogens is 405 g/mol. The highest BCUT2D eigenvalue weighted by molar-refractivity contribution is 6.30. The van der Waals surface area contributed by atoms with Gasteiger partial charge in [-0.2, -0.15) is 0 Å². The van der Waals surface area contributed by atoms with Crippen LogP contribution in [-0.2, 0) is 10.4 Å². The van der Waals surface area contributed by atoms with Crippen LogP contribution in [0.4, 0.5) is 15.8 Å². The van der Waals surface area contributed by atoms with Gasteiger partial charge in [0.1, 0.15) is 11.4 Å². The molecule has 5 N–H and O–H groups in total. The summed E-state index contributed by atoms with van der Waals surface area (Å²) < 4.78 is 20.4. The van der Waals surface area contributed by atoms with Crippen molar-refractivity contribution < 1.29 is 9.13 Å². The van der Waals surface area contributed by atoms with Gasteiger partial charge in [0.2, 0.25) is 0 Å². The minimum atomic E-state index is -1.46. The number of anilines is 2. The van der Waals surface area contributed by atoms with Gasteiger partial charge < -0.3 is 20.7 Å². The van der Waals surface area contributed by atoms with Gasteiger partial charge in [0.15, 0.2) is 5.66 Å². The van der Waals surface area contributed by atoms with E-state index in [0.29, 0.717) is 22.5 Å². The van der Waals surface area contributed by atoms with Gasteiger partial charge in [-0.15, -0.1) is 0 Å². The molecule has 0 bridgehead atoms. The predicted molar refractivity (Wildman–Crippen MR) is 118 cm³/mol. The number of halogens is 2. The highest BCUT2D eigenvalue weighted by Gasteiger charge is 2.37. The average Bonchev–Trinajstić information content (AvgIpc) is 3.11. The molecule has 0 radical (unpaired) electrons. The van der Waals surface area contributed by atoms with Crippen molar-refractivity contribution in [3.8, 4) is 11.8 Å². The van der Waals surface area contributed by atoms with E-state index in [9.17, 15) is 4.39 Å². The van der Waals surface area contributed by atoms with Crippen molar-refractivity contribution in [1.82, 2.24) is 4.90 Å². The first-order valence-electron chi connectivity index (χ1n) is 9.52. The van der Waals surface area contributed by atoms with E-state index in [4.69, 9.17) is 27.8 Å². The van der Waals surface area contributed by atoms with E-state index in [2.05, 4.69) is 27.0 Å². The van der Waals surface area contributed by atoms with Gasteiger partial charge in [-0.05, 0) is 25.2 Å². The van der Waals surface area contributed by atoms with Crippen LogP contribution in [-0.4, -0.2) is 44.1 Å². The van der Waals surface area contributed by atoms with Gasteiger partial charge in [-0.25, -0.2) is 9.38 Å². The van der Waals surface area contributed by atoms with Crippen LogP contribution in [0, 0.1) is 17.7 Å². The molecular formula is C22H23ClFN5O. The summed E-state index contributed by atoms with van der Waals surface area (Å²) in [4.78, 5) is 6.49. The number of hydrogen-bond acceptors (Lipinski definition) is 6. The molecule has 1 saturated heterocycles. The van der Waals surface area contributed by atoms with E-state index >= 15 is 0 Å². The van der Waals surface area contributed by atoms with Crippen molar-refractivity contribution in [2.75, 3.05) is 38.3 Å². The second-order valence-corrected chi connectivity index (χ2v) is 8.10. The zero-order valence-corrected chi connectivity index (χ0v) is 17.6. The molecule has 1 fully saturated rings. The third kappa shape index (κ3) is 3.42. The maximum Gasteiger partial charge on any atom is 0.166 e. The second kappa shape index (κ2) is 7.56. The zero-order valence-electron chi connectivity index (χ0n) is 16.8. The third-order valence-electron chi connectivity index (χ3n) is 5.69. The molecule has 2 aliphatic rings. The maximum atomic E-state index is 14.7. The van der Waals surface area contributed by atoms with Crippen LogP contribution >= 0.6 is 11.6 Å². The van der Waals surface area contributed by atoms with E-state index in [1.807, 2.05) is 7.05 Å². The Morgan fingerprint density at radius 2 is 2.13 bits per heavy atom. The minimum Gasteiger partial charge on any atom is -0.398 e. The summed E-state index contributed by atoms with van der Waals surface area (Å²) in [6.07, 6.45) is 2.27. The summed E-state index contributed by atoms with van der Waals surface area (Å²) in [6.45, 7) is 1.65. The number of likely N-dealkylation sites (N-methyl/N-ethyl adjacent to an activating group) is 1. The number of nitrogen functional groups attached to an aromatic ring is 1. The molecule has 0 aliphatic carbocycles. The van der Waals surface area contributed by atoms with Crippen molar-refractivity contribution in [3.05, 3.63) is 57.9 Å². The normalized spacial score (nSPS) is 25.4. The predicted octanol–water partition coefficient (Wildman–Crippen LogP) is 2.75. The maximum absolute atomic E-state index is 14.7. The van der Waals surface area contributed by atoms with Crippen LogP contribution in [0.3, 0.4) is 0 Å². The molecule has 2 aliphatic heterocycles. The summed E-state index contributed by atoms with van der Waals surface area (Å²) in [6, 6.07) is 8.15. The number of likely N-dealkylation sites (tertiary alicyclic amines) is 1. The quantitative estimate of drug-likeness (QED) is 0.506. The Morgan fingerprint density at radius 3 is 2.83 bits per heavy atom. The average molecular weight is 428 g/mol. The number of methoxy groups -OCH3 is 1. The van der Waals surface area contributed by atoms with E-state index in [0.717, 1.165) is 19.5 Å². The van der Waals surface area contributed by atoms with Gasteiger partial charge in [0.05, 0.1) is 11.4 Å². The summed E-state index contributed by atoms with van der Waals surface area (Å²) in [5.74, 6) is 5.79. The largest absolute Gasteiger partial charge is 0.398 e. The summed E-state index contributed by atoms with van der Waals surface area (Å²) in [5, 5.41) is 3.04. The number of fused-ring (bicyclic) bond motifs is 1. The lowest BCUT2D eigenvalue weighted by molar-refractivity contribution is 0.0509. The van der Waals surface area contributed by atoms with Crippen LogP contribution in [0.1, 0.15) is 23.1 Å². The molecule has 0 amide bonds. The summed E-state index contributed by atoms with van der Waals surface area (Å²) in [5.41, 5.74) is 13.3. The zero-order chi connectivity index (χ0) is 21.5. The molecule has 0 aromatic heterocycles. The van der Waals surface area contributed by atoms with Crippen LogP contribution in [0.15, 0.2) is 35.3 Å². The van der Waals surface area contributed by atoms with Gasteiger partial charge in [0.25, 0.3) is 0 Å². The van der Waals surface area contributed by atoms with Gasteiger partial charge >= 0.3 is 0 Å². The molecule has 2 aromatic carbocycles. The molecule has 2 atom stereocenters. The molecule has 0 spiro atoms. The van der Waals surface area contributed by atoms with Gasteiger partial charge in [-0.3, -0.25) is 5.73 Å². The first-order valence-corrected chi connectivity index (χ1v) is 9.90. The fraction of sp³-hybridized carbons (Fsp3) is 0.318. The SMILES string of the molecule is COC1(C#Cc2cc3c(cc2N)C(N)(c2cccc(Cl)c2F)N=CN3)CCN(C)C1. The standard InChI is InChI=1S/C22H23ClFN5O/c1-29-9-8-21(12-29,30-2)7-6-14-10-19-16(11-18(14)25)22(26,28-13-27-19)15-4-3-5-17(23)20(15)24/h3-5,10-11,13H,8-9,12,25-26H2,1-2H3,(H,27,28). The van der Waals surface area contributed by atoms with Crippen molar-refractivity contribution in [2.45, 2.75) is 17.7 Å². The lowest BCUT2D eigenvalue weighted by Gasteiger charge is -2.32. The Bertz CT molecular complexity index is 1090. The fourth-order valence-electron chi connectivity index (χ4n) is 3.91. The van der Waals surface area contributed by atoms with E-state index < -0.39 is 17.1 Å². The summed E-state index contributed by atoms with van der Waals surface area (Å²) in [7, 11) is 3.71. The molecule has 8 heteroatoms. The highest BCUT2D eigenvalue weighted by atomic mass is 35.5. The number of aliphatic imine (C=N–C) groups is 1. The van der Waals surface area contributed by atoms with E-state index in [1.54, 1.807) is 31.4 Å². The molecule has 2 heterocycles. The number of nitrogens with two attached hydrogens (primary N) is 2. The first kappa shape index (κ1) is 20.6. The Balaban J connectivity index is 1.77. The fourth-order valence-corrected chi connectivity index (χ4v) is 4.09. The highest BCUT2D eigenvalue weighted by Crippen LogP contribution is 2.40. The van der Waals surface area contributed by atoms with Crippen LogP contribution in [0.2, 0.25) is 5.02 Å². The molecule has 156 valence electrons. The lowest BCUT2D eigenvalue weighted by atomic mass is 9.88. The van der Waals surface area contributed by atoms with Gasteiger partial charge in [0, 0.05) is 54.7 Å².